The molecule has 0 nitrogen and oxygen atoms in total. The lowest BCUT2D eigenvalue weighted by Crippen LogP contribution is -2.10. The van der Waals surface area contributed by atoms with Crippen molar-refractivity contribution in [3.63, 3.8) is 0 Å². The number of hydrogen-bond donors (Lipinski definition) is 0. The first-order valence-corrected chi connectivity index (χ1v) is 7.65. The molecule has 0 aromatic heterocycles. The van der Waals surface area contributed by atoms with E-state index in [4.69, 9.17) is 11.6 Å². The largest absolute Gasteiger partial charge is 0.207 e. The number of alkyl halides is 1. The number of rotatable bonds is 5. The topological polar surface area (TPSA) is 0 Å². The van der Waals surface area contributed by atoms with E-state index in [0.717, 1.165) is 22.5 Å². The third kappa shape index (κ3) is 4.57. The Kier molecular flexibility index (Phi) is 5.55. The number of benzene rings is 2. The molecule has 2 aromatic carbocycles. The van der Waals surface area contributed by atoms with Gasteiger partial charge in [-0.2, -0.15) is 0 Å². The quantitative estimate of drug-likeness (QED) is 0.630. The highest BCUT2D eigenvalue weighted by Gasteiger charge is 2.11. The Morgan fingerprint density at radius 2 is 1.60 bits per heavy atom. The molecule has 0 aliphatic carbocycles. The van der Waals surface area contributed by atoms with Crippen molar-refractivity contribution in [2.24, 2.45) is 5.92 Å². The predicted octanol–water partition coefficient (Wildman–Crippen LogP) is 5.37. The summed E-state index contributed by atoms with van der Waals surface area (Å²) < 4.78 is 27.4. The minimum Gasteiger partial charge on any atom is -0.207 e. The summed E-state index contributed by atoms with van der Waals surface area (Å²) in [7, 11) is 0. The summed E-state index contributed by atoms with van der Waals surface area (Å²) >= 11 is 9.42. The lowest BCUT2D eigenvalue weighted by Gasteiger charge is -2.14. The van der Waals surface area contributed by atoms with E-state index in [0.29, 0.717) is 17.9 Å². The monoisotopic (exact) mass is 358 g/mol. The molecule has 0 radical (unpaired) electrons. The van der Waals surface area contributed by atoms with Crippen molar-refractivity contribution in [1.29, 1.82) is 0 Å². The van der Waals surface area contributed by atoms with Crippen molar-refractivity contribution in [1.82, 2.24) is 0 Å². The Labute approximate surface area is 130 Å². The van der Waals surface area contributed by atoms with Crippen LogP contribution < -0.4 is 0 Å². The Hall–Kier alpha value is -0.930. The van der Waals surface area contributed by atoms with Gasteiger partial charge in [-0.3, -0.25) is 0 Å². The van der Waals surface area contributed by atoms with Gasteiger partial charge in [-0.05, 0) is 54.2 Å². The Morgan fingerprint density at radius 1 is 0.950 bits per heavy atom. The van der Waals surface area contributed by atoms with Crippen LogP contribution >= 0.6 is 27.5 Å². The maximum Gasteiger partial charge on any atom is 0.126 e. The molecule has 0 saturated heterocycles. The van der Waals surface area contributed by atoms with Crippen LogP contribution in [0.15, 0.2) is 46.9 Å². The molecule has 0 heterocycles. The van der Waals surface area contributed by atoms with Crippen molar-refractivity contribution in [2.75, 3.05) is 5.88 Å². The molecular weight excluding hydrogens is 346 g/mol. The van der Waals surface area contributed by atoms with Crippen LogP contribution in [-0.4, -0.2) is 5.88 Å². The zero-order valence-electron chi connectivity index (χ0n) is 10.8. The van der Waals surface area contributed by atoms with E-state index in [1.54, 1.807) is 0 Å². The molecule has 2 aromatic rings. The maximum absolute atomic E-state index is 13.2. The SMILES string of the molecule is Fc1cc(F)cc(CC(CCl)Cc2cccc(Br)c2)c1. The fraction of sp³-hybridized carbons (Fsp3) is 0.250. The van der Waals surface area contributed by atoms with Crippen LogP contribution in [0.1, 0.15) is 11.1 Å². The fourth-order valence-electron chi connectivity index (χ4n) is 2.24. The first-order valence-electron chi connectivity index (χ1n) is 6.32. The second kappa shape index (κ2) is 7.19. The normalized spacial score (nSPS) is 12.4. The van der Waals surface area contributed by atoms with E-state index >= 15 is 0 Å². The minimum absolute atomic E-state index is 0.146. The van der Waals surface area contributed by atoms with Crippen molar-refractivity contribution in [3.05, 3.63) is 69.7 Å². The first-order chi connectivity index (χ1) is 9.56. The Morgan fingerprint density at radius 3 is 2.20 bits per heavy atom. The molecule has 0 spiro atoms. The molecule has 4 heteroatoms. The van der Waals surface area contributed by atoms with Crippen molar-refractivity contribution < 1.29 is 8.78 Å². The van der Waals surface area contributed by atoms with Crippen molar-refractivity contribution in [2.45, 2.75) is 12.8 Å². The minimum atomic E-state index is -0.546. The van der Waals surface area contributed by atoms with Gasteiger partial charge in [0.25, 0.3) is 0 Å². The lowest BCUT2D eigenvalue weighted by molar-refractivity contribution is 0.557. The summed E-state index contributed by atoms with van der Waals surface area (Å²) in [5.74, 6) is -0.497. The van der Waals surface area contributed by atoms with Gasteiger partial charge in [0.1, 0.15) is 11.6 Å². The van der Waals surface area contributed by atoms with Crippen LogP contribution in [0.3, 0.4) is 0 Å². The van der Waals surface area contributed by atoms with Gasteiger partial charge >= 0.3 is 0 Å². The Balaban J connectivity index is 2.09. The van der Waals surface area contributed by atoms with Gasteiger partial charge in [-0.1, -0.05) is 28.1 Å². The van der Waals surface area contributed by atoms with Gasteiger partial charge in [0, 0.05) is 16.4 Å². The third-order valence-corrected chi connectivity index (χ3v) is 4.01. The van der Waals surface area contributed by atoms with E-state index in [1.807, 2.05) is 24.3 Å². The smallest absolute Gasteiger partial charge is 0.126 e. The average molecular weight is 360 g/mol. The van der Waals surface area contributed by atoms with Crippen LogP contribution in [0.5, 0.6) is 0 Å². The summed E-state index contributed by atoms with van der Waals surface area (Å²) in [5, 5.41) is 0. The van der Waals surface area contributed by atoms with Gasteiger partial charge in [0.05, 0.1) is 0 Å². The van der Waals surface area contributed by atoms with Crippen LogP contribution in [0.4, 0.5) is 8.78 Å². The predicted molar refractivity (Wildman–Crippen MR) is 82.1 cm³/mol. The maximum atomic E-state index is 13.2. The van der Waals surface area contributed by atoms with Crippen LogP contribution in [0, 0.1) is 17.6 Å². The Bertz CT molecular complexity index is 566. The molecule has 1 unspecified atom stereocenters. The van der Waals surface area contributed by atoms with E-state index < -0.39 is 11.6 Å². The molecule has 1 atom stereocenters. The molecule has 0 aliphatic heterocycles. The molecule has 0 amide bonds. The number of halogens is 4. The second-order valence-electron chi connectivity index (χ2n) is 4.84. The van der Waals surface area contributed by atoms with Crippen LogP contribution in [0.2, 0.25) is 0 Å². The van der Waals surface area contributed by atoms with Gasteiger partial charge < -0.3 is 0 Å². The lowest BCUT2D eigenvalue weighted by atomic mass is 9.94. The zero-order valence-corrected chi connectivity index (χ0v) is 13.1. The second-order valence-corrected chi connectivity index (χ2v) is 6.06. The summed E-state index contributed by atoms with van der Waals surface area (Å²) in [6.45, 7) is 0. The van der Waals surface area contributed by atoms with Crippen LogP contribution in [-0.2, 0) is 12.8 Å². The summed E-state index contributed by atoms with van der Waals surface area (Å²) in [4.78, 5) is 0. The van der Waals surface area contributed by atoms with E-state index in [1.165, 1.54) is 12.1 Å². The summed E-state index contributed by atoms with van der Waals surface area (Å²) in [6.07, 6.45) is 1.34. The molecule has 0 aliphatic rings. The van der Waals surface area contributed by atoms with E-state index in [9.17, 15) is 8.78 Å². The van der Waals surface area contributed by atoms with Gasteiger partial charge in [-0.15, -0.1) is 11.6 Å². The van der Waals surface area contributed by atoms with Crippen LogP contribution in [0.25, 0.3) is 0 Å². The third-order valence-electron chi connectivity index (χ3n) is 3.08. The van der Waals surface area contributed by atoms with Crippen molar-refractivity contribution in [3.8, 4) is 0 Å². The first kappa shape index (κ1) is 15.5. The molecule has 0 saturated carbocycles. The summed E-state index contributed by atoms with van der Waals surface area (Å²) in [5.41, 5.74) is 1.80. The summed E-state index contributed by atoms with van der Waals surface area (Å²) in [6, 6.07) is 11.6. The molecule has 0 fully saturated rings. The zero-order chi connectivity index (χ0) is 14.5. The molecular formula is C16H14BrClF2. The molecule has 106 valence electrons. The van der Waals surface area contributed by atoms with E-state index in [-0.39, 0.29) is 5.92 Å². The van der Waals surface area contributed by atoms with Gasteiger partial charge in [-0.25, -0.2) is 8.78 Å². The fourth-order valence-corrected chi connectivity index (χ4v) is 2.91. The molecule has 20 heavy (non-hydrogen) atoms. The average Bonchev–Trinajstić information content (AvgIpc) is 2.36. The van der Waals surface area contributed by atoms with Crippen molar-refractivity contribution >= 4 is 27.5 Å². The molecule has 0 bridgehead atoms. The standard InChI is InChI=1S/C16H14BrClF2/c17-14-3-1-2-11(6-14)4-13(10-18)5-12-7-15(19)9-16(20)8-12/h1-3,6-9,13H,4-5,10H2. The molecule has 0 N–H and O–H groups in total. The number of hydrogen-bond acceptors (Lipinski definition) is 0. The van der Waals surface area contributed by atoms with Gasteiger partial charge in [0.15, 0.2) is 0 Å². The van der Waals surface area contributed by atoms with Gasteiger partial charge in [0.2, 0.25) is 0 Å². The van der Waals surface area contributed by atoms with E-state index in [2.05, 4.69) is 15.9 Å². The highest BCUT2D eigenvalue weighted by Crippen LogP contribution is 2.20. The molecule has 2 rings (SSSR count). The highest BCUT2D eigenvalue weighted by molar-refractivity contribution is 9.10. The highest BCUT2D eigenvalue weighted by atomic mass is 79.9.